The Morgan fingerprint density at radius 2 is 1.40 bits per heavy atom. The molecule has 0 aliphatic heterocycles. The van der Waals surface area contributed by atoms with Crippen LogP contribution >= 0.6 is 0 Å². The number of carboxylic acid groups (broad SMARTS) is 1. The number of rotatable bonds is 13. The minimum absolute atomic E-state index is 0.0185. The molecule has 8 heteroatoms. The highest BCUT2D eigenvalue weighted by Gasteiger charge is 2.50. The molecule has 4 aromatic rings. The van der Waals surface area contributed by atoms with Crippen LogP contribution in [0.25, 0.3) is 0 Å². The first-order chi connectivity index (χ1) is 19.4. The SMILES string of the molecule is COc1ccc(CCCOC(c2ccccc2)(c2ccccc2)C(Oc2nc(C)cc(C)n2)C(=O)O)cc1OC. The van der Waals surface area contributed by atoms with Gasteiger partial charge in [0.15, 0.2) is 17.1 Å². The molecule has 40 heavy (non-hydrogen) atoms. The van der Waals surface area contributed by atoms with Gasteiger partial charge in [-0.15, -0.1) is 0 Å². The van der Waals surface area contributed by atoms with Gasteiger partial charge < -0.3 is 24.1 Å². The smallest absolute Gasteiger partial charge is 0.348 e. The van der Waals surface area contributed by atoms with Gasteiger partial charge in [0.05, 0.1) is 14.2 Å². The van der Waals surface area contributed by atoms with E-state index in [9.17, 15) is 9.90 Å². The molecule has 4 rings (SSSR count). The second-order valence-corrected chi connectivity index (χ2v) is 9.38. The molecule has 3 aromatic carbocycles. The van der Waals surface area contributed by atoms with Gasteiger partial charge in [0.2, 0.25) is 6.10 Å². The summed E-state index contributed by atoms with van der Waals surface area (Å²) in [6.07, 6.45) is -0.193. The van der Waals surface area contributed by atoms with Gasteiger partial charge in [-0.05, 0) is 61.6 Å². The molecule has 8 nitrogen and oxygen atoms in total. The third kappa shape index (κ3) is 6.40. The monoisotopic (exact) mass is 542 g/mol. The number of carbonyl (C=O) groups is 1. The Hall–Kier alpha value is -4.43. The maximum atomic E-state index is 13.0. The molecule has 1 heterocycles. The van der Waals surface area contributed by atoms with Gasteiger partial charge >= 0.3 is 12.0 Å². The van der Waals surface area contributed by atoms with Crippen molar-refractivity contribution in [2.24, 2.45) is 0 Å². The zero-order valence-corrected chi connectivity index (χ0v) is 23.2. The number of benzene rings is 3. The Bertz CT molecular complexity index is 1350. The molecule has 0 bridgehead atoms. The number of hydrogen-bond donors (Lipinski definition) is 1. The highest BCUT2D eigenvalue weighted by molar-refractivity contribution is 5.76. The van der Waals surface area contributed by atoms with Crippen LogP contribution in [0.3, 0.4) is 0 Å². The lowest BCUT2D eigenvalue weighted by atomic mass is 9.81. The predicted octanol–water partition coefficient (Wildman–Crippen LogP) is 5.54. The summed E-state index contributed by atoms with van der Waals surface area (Å²) in [6.45, 7) is 3.87. The van der Waals surface area contributed by atoms with Crippen LogP contribution in [0.5, 0.6) is 17.5 Å². The Morgan fingerprint density at radius 1 is 0.825 bits per heavy atom. The molecular weight excluding hydrogens is 508 g/mol. The van der Waals surface area contributed by atoms with Crippen LogP contribution in [0.15, 0.2) is 84.9 Å². The Kier molecular flexibility index (Phi) is 9.35. The largest absolute Gasteiger partial charge is 0.493 e. The van der Waals surface area contributed by atoms with Crippen molar-refractivity contribution in [3.05, 3.63) is 113 Å². The van der Waals surface area contributed by atoms with Crippen LogP contribution in [0.1, 0.15) is 34.5 Å². The van der Waals surface area contributed by atoms with Gasteiger partial charge in [-0.25, -0.2) is 14.8 Å². The molecule has 1 unspecified atom stereocenters. The van der Waals surface area contributed by atoms with E-state index >= 15 is 0 Å². The molecule has 0 spiro atoms. The van der Waals surface area contributed by atoms with Crippen molar-refractivity contribution in [1.82, 2.24) is 9.97 Å². The maximum Gasteiger partial charge on any atom is 0.348 e. The highest BCUT2D eigenvalue weighted by atomic mass is 16.6. The summed E-state index contributed by atoms with van der Waals surface area (Å²) in [5.74, 6) is 0.108. The van der Waals surface area contributed by atoms with Crippen LogP contribution in [-0.4, -0.2) is 48.0 Å². The Morgan fingerprint density at radius 3 is 1.93 bits per heavy atom. The van der Waals surface area contributed by atoms with Crippen molar-refractivity contribution in [2.45, 2.75) is 38.4 Å². The lowest BCUT2D eigenvalue weighted by Gasteiger charge is -2.39. The first-order valence-corrected chi connectivity index (χ1v) is 13.0. The van der Waals surface area contributed by atoms with Crippen LogP contribution in [0, 0.1) is 13.8 Å². The maximum absolute atomic E-state index is 13.0. The number of aromatic nitrogens is 2. The second kappa shape index (κ2) is 13.1. The fourth-order valence-corrected chi connectivity index (χ4v) is 4.79. The minimum atomic E-state index is -1.49. The van der Waals surface area contributed by atoms with Gasteiger partial charge in [0, 0.05) is 18.0 Å². The van der Waals surface area contributed by atoms with Crippen LogP contribution in [-0.2, 0) is 21.6 Å². The zero-order valence-electron chi connectivity index (χ0n) is 23.2. The Labute approximate surface area is 234 Å². The summed E-state index contributed by atoms with van der Waals surface area (Å²) < 4.78 is 23.5. The highest BCUT2D eigenvalue weighted by Crippen LogP contribution is 2.39. The van der Waals surface area contributed by atoms with Gasteiger partial charge in [-0.3, -0.25) is 0 Å². The first kappa shape index (κ1) is 28.6. The number of nitrogens with zero attached hydrogens (tertiary/aromatic N) is 2. The van der Waals surface area contributed by atoms with E-state index in [1.807, 2.05) is 92.7 Å². The normalized spacial score (nSPS) is 12.0. The van der Waals surface area contributed by atoms with E-state index < -0.39 is 17.7 Å². The molecule has 0 saturated heterocycles. The van der Waals surface area contributed by atoms with E-state index in [4.69, 9.17) is 18.9 Å². The second-order valence-electron chi connectivity index (χ2n) is 9.38. The Balaban J connectivity index is 1.72. The quantitative estimate of drug-likeness (QED) is 0.220. The first-order valence-electron chi connectivity index (χ1n) is 13.0. The standard InChI is InChI=1S/C32H34N2O6/c1-22-20-23(2)34-31(33-22)40-29(30(35)36)32(25-13-7-5-8-14-25,26-15-9-6-10-16-26)39-19-11-12-24-17-18-27(37-3)28(21-24)38-4/h5-10,13-18,20-21,29H,11-12,19H2,1-4H3,(H,35,36). The molecule has 1 aromatic heterocycles. The lowest BCUT2D eigenvalue weighted by molar-refractivity contribution is -0.164. The number of aliphatic carboxylic acids is 1. The van der Waals surface area contributed by atoms with E-state index in [1.54, 1.807) is 20.3 Å². The third-order valence-corrected chi connectivity index (χ3v) is 6.57. The van der Waals surface area contributed by atoms with Gasteiger partial charge in [0.1, 0.15) is 0 Å². The van der Waals surface area contributed by atoms with E-state index in [0.29, 0.717) is 46.9 Å². The average molecular weight is 543 g/mol. The molecule has 0 saturated carbocycles. The minimum Gasteiger partial charge on any atom is -0.493 e. The number of aryl methyl sites for hydroxylation is 3. The van der Waals surface area contributed by atoms with Crippen LogP contribution in [0.4, 0.5) is 0 Å². The molecule has 1 N–H and O–H groups in total. The summed E-state index contributed by atoms with van der Waals surface area (Å²) in [4.78, 5) is 21.7. The van der Waals surface area contributed by atoms with Crippen LogP contribution in [0.2, 0.25) is 0 Å². The third-order valence-electron chi connectivity index (χ3n) is 6.57. The molecular formula is C32H34N2O6. The molecule has 208 valence electrons. The average Bonchev–Trinajstić information content (AvgIpc) is 2.96. The molecule has 0 radical (unpaired) electrons. The molecule has 0 aliphatic rings. The predicted molar refractivity (Wildman–Crippen MR) is 151 cm³/mol. The van der Waals surface area contributed by atoms with E-state index in [0.717, 1.165) is 5.56 Å². The summed E-state index contributed by atoms with van der Waals surface area (Å²) in [5, 5.41) is 10.6. The summed E-state index contributed by atoms with van der Waals surface area (Å²) in [6, 6.07) is 26.1. The number of hydrogen-bond acceptors (Lipinski definition) is 7. The summed E-state index contributed by atoms with van der Waals surface area (Å²) in [5.41, 5.74) is 2.18. The van der Waals surface area contributed by atoms with Crippen molar-refractivity contribution in [1.29, 1.82) is 0 Å². The van der Waals surface area contributed by atoms with Crippen LogP contribution < -0.4 is 14.2 Å². The topological polar surface area (TPSA) is 100 Å². The summed E-state index contributed by atoms with van der Waals surface area (Å²) >= 11 is 0. The van der Waals surface area contributed by atoms with Gasteiger partial charge in [0.25, 0.3) is 0 Å². The zero-order chi connectivity index (χ0) is 28.5. The van der Waals surface area contributed by atoms with E-state index in [-0.39, 0.29) is 12.6 Å². The van der Waals surface area contributed by atoms with Crippen molar-refractivity contribution in [2.75, 3.05) is 20.8 Å². The number of carboxylic acids is 1. The lowest BCUT2D eigenvalue weighted by Crippen LogP contribution is -2.51. The van der Waals surface area contributed by atoms with E-state index in [1.165, 1.54) is 0 Å². The van der Waals surface area contributed by atoms with Gasteiger partial charge in [-0.2, -0.15) is 0 Å². The van der Waals surface area contributed by atoms with Crippen molar-refractivity contribution < 1.29 is 28.8 Å². The fourth-order valence-electron chi connectivity index (χ4n) is 4.79. The van der Waals surface area contributed by atoms with Crippen molar-refractivity contribution in [3.8, 4) is 17.5 Å². The molecule has 1 atom stereocenters. The molecule has 0 aliphatic carbocycles. The fraction of sp³-hybridized carbons (Fsp3) is 0.281. The van der Waals surface area contributed by atoms with Gasteiger partial charge in [-0.1, -0.05) is 66.7 Å². The molecule has 0 fully saturated rings. The number of methoxy groups -OCH3 is 2. The van der Waals surface area contributed by atoms with E-state index in [2.05, 4.69) is 9.97 Å². The van der Waals surface area contributed by atoms with Crippen molar-refractivity contribution >= 4 is 5.97 Å². The number of ether oxygens (including phenoxy) is 4. The van der Waals surface area contributed by atoms with Crippen molar-refractivity contribution in [3.63, 3.8) is 0 Å². The molecule has 0 amide bonds. The summed E-state index contributed by atoms with van der Waals surface area (Å²) in [7, 11) is 3.20.